The molecule has 1 amide bonds. The molecule has 156 valence electrons. The molecule has 0 bridgehead atoms. The van der Waals surface area contributed by atoms with Crippen LogP contribution in [-0.2, 0) is 4.79 Å². The lowest BCUT2D eigenvalue weighted by Crippen LogP contribution is -2.49. The Labute approximate surface area is 181 Å². The van der Waals surface area contributed by atoms with Crippen molar-refractivity contribution >= 4 is 41.5 Å². The van der Waals surface area contributed by atoms with Crippen molar-refractivity contribution in [2.45, 2.75) is 31.7 Å². The number of amides is 1. The first-order valence-electron chi connectivity index (χ1n) is 9.52. The second-order valence-electron chi connectivity index (χ2n) is 7.04. The average molecular weight is 507 g/mol. The Morgan fingerprint density at radius 1 is 1.21 bits per heavy atom. The molecule has 28 heavy (non-hydrogen) atoms. The molecule has 2 aliphatic heterocycles. The Bertz CT molecular complexity index is 697. The highest BCUT2D eigenvalue weighted by molar-refractivity contribution is 14.0. The summed E-state index contributed by atoms with van der Waals surface area (Å²) >= 11 is 0. The number of carbonyl (C=O) groups is 1. The van der Waals surface area contributed by atoms with E-state index in [0.29, 0.717) is 24.7 Å². The van der Waals surface area contributed by atoms with E-state index in [1.54, 1.807) is 7.05 Å². The zero-order valence-corrected chi connectivity index (χ0v) is 18.4. The van der Waals surface area contributed by atoms with E-state index in [1.165, 1.54) is 18.6 Å². The molecule has 1 unspecified atom stereocenters. The summed E-state index contributed by atoms with van der Waals surface area (Å²) < 4.78 is 27.1. The van der Waals surface area contributed by atoms with Gasteiger partial charge in [0.2, 0.25) is 5.91 Å². The minimum absolute atomic E-state index is 0. The van der Waals surface area contributed by atoms with Crippen molar-refractivity contribution in [2.75, 3.05) is 44.7 Å². The molecule has 0 spiro atoms. The summed E-state index contributed by atoms with van der Waals surface area (Å²) in [6.07, 6.45) is 4.12. The highest BCUT2D eigenvalue weighted by atomic mass is 127. The largest absolute Gasteiger partial charge is 0.367 e. The molecule has 3 rings (SSSR count). The van der Waals surface area contributed by atoms with Gasteiger partial charge in [-0.3, -0.25) is 9.79 Å². The Morgan fingerprint density at radius 2 is 1.96 bits per heavy atom. The quantitative estimate of drug-likeness (QED) is 0.374. The number of hydrogen-bond donors (Lipinski definition) is 2. The molecule has 2 saturated heterocycles. The normalized spacial score (nSPS) is 20.0. The molecule has 1 aromatic carbocycles. The number of halogens is 3. The maximum atomic E-state index is 14.0. The summed E-state index contributed by atoms with van der Waals surface area (Å²) in [5.74, 6) is -0.482. The number of piperidine rings is 1. The van der Waals surface area contributed by atoms with E-state index < -0.39 is 11.6 Å². The van der Waals surface area contributed by atoms with Gasteiger partial charge in [-0.1, -0.05) is 0 Å². The molecule has 9 heteroatoms. The fourth-order valence-corrected chi connectivity index (χ4v) is 3.64. The Morgan fingerprint density at radius 3 is 2.64 bits per heavy atom. The molecule has 2 aliphatic rings. The predicted octanol–water partition coefficient (Wildman–Crippen LogP) is 2.34. The van der Waals surface area contributed by atoms with Crippen LogP contribution in [0.15, 0.2) is 23.2 Å². The molecule has 2 N–H and O–H groups in total. The SMILES string of the molecule is CN=C(NCC(=O)N1CCCCC1)NC1CCN(c2ccc(F)cc2F)C1.I. The van der Waals surface area contributed by atoms with E-state index in [4.69, 9.17) is 0 Å². The summed E-state index contributed by atoms with van der Waals surface area (Å²) in [7, 11) is 1.66. The van der Waals surface area contributed by atoms with Crippen LogP contribution < -0.4 is 15.5 Å². The van der Waals surface area contributed by atoms with Crippen LogP contribution in [0.2, 0.25) is 0 Å². The number of aliphatic imine (C=N–C) groups is 1. The van der Waals surface area contributed by atoms with Crippen LogP contribution in [0.25, 0.3) is 0 Å². The fraction of sp³-hybridized carbons (Fsp3) is 0.579. The number of benzene rings is 1. The van der Waals surface area contributed by atoms with Gasteiger partial charge in [0.05, 0.1) is 12.2 Å². The molecule has 0 radical (unpaired) electrons. The minimum Gasteiger partial charge on any atom is -0.367 e. The van der Waals surface area contributed by atoms with Crippen LogP contribution >= 0.6 is 24.0 Å². The first kappa shape index (κ1) is 22.6. The van der Waals surface area contributed by atoms with E-state index in [0.717, 1.165) is 38.4 Å². The number of anilines is 1. The van der Waals surface area contributed by atoms with E-state index in [2.05, 4.69) is 15.6 Å². The number of nitrogens with zero attached hydrogens (tertiary/aromatic N) is 3. The summed E-state index contributed by atoms with van der Waals surface area (Å²) in [6, 6.07) is 3.72. The highest BCUT2D eigenvalue weighted by Gasteiger charge is 2.25. The highest BCUT2D eigenvalue weighted by Crippen LogP contribution is 2.24. The Kier molecular flexibility index (Phi) is 8.71. The van der Waals surface area contributed by atoms with Gasteiger partial charge in [-0.2, -0.15) is 0 Å². The van der Waals surface area contributed by atoms with Crippen molar-refractivity contribution in [3.8, 4) is 0 Å². The smallest absolute Gasteiger partial charge is 0.241 e. The molecular formula is C19H28F2IN5O. The summed E-state index contributed by atoms with van der Waals surface area (Å²) in [5.41, 5.74) is 0.406. The van der Waals surface area contributed by atoms with E-state index >= 15 is 0 Å². The summed E-state index contributed by atoms with van der Waals surface area (Å²) in [5, 5.41) is 6.36. The van der Waals surface area contributed by atoms with Crippen LogP contribution in [0.3, 0.4) is 0 Å². The van der Waals surface area contributed by atoms with Gasteiger partial charge >= 0.3 is 0 Å². The van der Waals surface area contributed by atoms with Crippen molar-refractivity contribution in [3.63, 3.8) is 0 Å². The third kappa shape index (κ3) is 5.92. The Balaban J connectivity index is 0.00000280. The Hall–Kier alpha value is -1.65. The number of nitrogens with one attached hydrogen (secondary N) is 2. The van der Waals surface area contributed by atoms with E-state index in [9.17, 15) is 13.6 Å². The van der Waals surface area contributed by atoms with E-state index in [1.807, 2.05) is 9.80 Å². The summed E-state index contributed by atoms with van der Waals surface area (Å²) in [6.45, 7) is 3.12. The third-order valence-corrected chi connectivity index (χ3v) is 5.12. The van der Waals surface area contributed by atoms with Gasteiger partial charge in [-0.15, -0.1) is 24.0 Å². The topological polar surface area (TPSA) is 60.0 Å². The molecule has 2 fully saturated rings. The van der Waals surface area contributed by atoms with Gasteiger partial charge in [0.25, 0.3) is 0 Å². The summed E-state index contributed by atoms with van der Waals surface area (Å²) in [4.78, 5) is 20.2. The molecule has 0 aromatic heterocycles. The van der Waals surface area contributed by atoms with Crippen molar-refractivity contribution in [2.24, 2.45) is 4.99 Å². The molecule has 1 atom stereocenters. The zero-order valence-electron chi connectivity index (χ0n) is 16.1. The van der Waals surface area contributed by atoms with Crippen molar-refractivity contribution < 1.29 is 13.6 Å². The number of guanidine groups is 1. The number of hydrogen-bond acceptors (Lipinski definition) is 3. The van der Waals surface area contributed by atoms with Crippen LogP contribution in [0.1, 0.15) is 25.7 Å². The first-order chi connectivity index (χ1) is 13.1. The van der Waals surface area contributed by atoms with Gasteiger partial charge < -0.3 is 20.4 Å². The van der Waals surface area contributed by atoms with Crippen molar-refractivity contribution in [3.05, 3.63) is 29.8 Å². The molecule has 0 aliphatic carbocycles. The predicted molar refractivity (Wildman–Crippen MR) is 117 cm³/mol. The fourth-order valence-electron chi connectivity index (χ4n) is 3.64. The number of carbonyl (C=O) groups excluding carboxylic acids is 1. The third-order valence-electron chi connectivity index (χ3n) is 5.12. The standard InChI is InChI=1S/C19H27F2N5O.HI/c1-22-19(23-12-18(27)25-8-3-2-4-9-25)24-15-7-10-26(13-15)17-6-5-14(20)11-16(17)21;/h5-6,11,15H,2-4,7-10,12-13H2,1H3,(H2,22,23,24);1H. The van der Waals surface area contributed by atoms with Crippen LogP contribution in [0, 0.1) is 11.6 Å². The van der Waals surface area contributed by atoms with E-state index in [-0.39, 0.29) is 42.5 Å². The zero-order chi connectivity index (χ0) is 19.2. The minimum atomic E-state index is -0.576. The maximum absolute atomic E-state index is 14.0. The lowest BCUT2D eigenvalue weighted by Gasteiger charge is -2.27. The first-order valence-corrected chi connectivity index (χ1v) is 9.52. The molecule has 6 nitrogen and oxygen atoms in total. The second-order valence-corrected chi connectivity index (χ2v) is 7.04. The van der Waals surface area contributed by atoms with Gasteiger partial charge in [-0.25, -0.2) is 8.78 Å². The molecular weight excluding hydrogens is 479 g/mol. The van der Waals surface area contributed by atoms with Gasteiger partial charge in [-0.05, 0) is 37.8 Å². The molecule has 2 heterocycles. The van der Waals surface area contributed by atoms with Gasteiger partial charge in [0.15, 0.2) is 5.96 Å². The van der Waals surface area contributed by atoms with Crippen LogP contribution in [0.5, 0.6) is 0 Å². The number of likely N-dealkylation sites (tertiary alicyclic amines) is 1. The molecule has 1 aromatic rings. The second kappa shape index (κ2) is 10.8. The lowest BCUT2D eigenvalue weighted by atomic mass is 10.1. The van der Waals surface area contributed by atoms with Crippen LogP contribution in [-0.4, -0.2) is 62.6 Å². The van der Waals surface area contributed by atoms with Crippen LogP contribution in [0.4, 0.5) is 14.5 Å². The van der Waals surface area contributed by atoms with Gasteiger partial charge in [0.1, 0.15) is 11.6 Å². The monoisotopic (exact) mass is 507 g/mol. The van der Waals surface area contributed by atoms with Crippen molar-refractivity contribution in [1.82, 2.24) is 15.5 Å². The lowest BCUT2D eigenvalue weighted by molar-refractivity contribution is -0.130. The average Bonchev–Trinajstić information content (AvgIpc) is 3.13. The van der Waals surface area contributed by atoms with Crippen molar-refractivity contribution in [1.29, 1.82) is 0 Å². The number of rotatable bonds is 4. The molecule has 0 saturated carbocycles. The van der Waals surface area contributed by atoms with Gasteiger partial charge in [0, 0.05) is 45.3 Å². The maximum Gasteiger partial charge on any atom is 0.241 e.